The van der Waals surface area contributed by atoms with Crippen molar-refractivity contribution in [3.05, 3.63) is 51.8 Å². The molecule has 14 heteroatoms. The van der Waals surface area contributed by atoms with E-state index < -0.39 is 34.6 Å². The summed E-state index contributed by atoms with van der Waals surface area (Å²) in [7, 11) is 0. The maximum atomic E-state index is 13.2. The SMILES string of the molecule is O=C1CCC(N2C(=O)c3ccc(N4CCN(CC5CCN(c6ncc([N+](=O)[O-])cn6)CC5)CC4)cc3C2=O)C(=O)N1. The van der Waals surface area contributed by atoms with Gasteiger partial charge in [-0.05, 0) is 43.4 Å². The van der Waals surface area contributed by atoms with Gasteiger partial charge in [-0.15, -0.1) is 0 Å². The lowest BCUT2D eigenvalue weighted by atomic mass is 9.96. The summed E-state index contributed by atoms with van der Waals surface area (Å²) in [6.07, 6.45) is 4.70. The minimum Gasteiger partial charge on any atom is -0.369 e. The van der Waals surface area contributed by atoms with E-state index in [9.17, 15) is 29.3 Å². The Labute approximate surface area is 235 Å². The van der Waals surface area contributed by atoms with Crippen LogP contribution in [0.3, 0.4) is 0 Å². The normalized spacial score (nSPS) is 22.2. The molecule has 214 valence electrons. The highest BCUT2D eigenvalue weighted by molar-refractivity contribution is 6.23. The smallest absolute Gasteiger partial charge is 0.305 e. The molecule has 1 aromatic heterocycles. The monoisotopic (exact) mass is 562 g/mol. The van der Waals surface area contributed by atoms with Gasteiger partial charge in [0.15, 0.2) is 0 Å². The van der Waals surface area contributed by atoms with Gasteiger partial charge >= 0.3 is 5.69 Å². The first-order valence-electron chi connectivity index (χ1n) is 13.8. The molecular formula is C27H30N8O6. The number of benzene rings is 1. The van der Waals surface area contributed by atoms with Gasteiger partial charge in [-0.2, -0.15) is 0 Å². The molecule has 6 rings (SSSR count). The van der Waals surface area contributed by atoms with E-state index in [-0.39, 0.29) is 24.1 Å². The predicted octanol–water partition coefficient (Wildman–Crippen LogP) is 0.825. The first kappa shape index (κ1) is 26.7. The highest BCUT2D eigenvalue weighted by Gasteiger charge is 2.44. The van der Waals surface area contributed by atoms with Crippen molar-refractivity contribution in [3.8, 4) is 0 Å². The molecule has 0 spiro atoms. The second-order valence-corrected chi connectivity index (χ2v) is 10.9. The van der Waals surface area contributed by atoms with Crippen LogP contribution >= 0.6 is 0 Å². The van der Waals surface area contributed by atoms with Crippen molar-refractivity contribution in [2.24, 2.45) is 5.92 Å². The summed E-state index contributed by atoms with van der Waals surface area (Å²) in [5.74, 6) is -0.938. The maximum absolute atomic E-state index is 13.2. The van der Waals surface area contributed by atoms with E-state index in [4.69, 9.17) is 0 Å². The molecule has 0 aliphatic carbocycles. The molecule has 1 aromatic carbocycles. The van der Waals surface area contributed by atoms with Crippen LogP contribution in [0.1, 0.15) is 46.4 Å². The van der Waals surface area contributed by atoms with Crippen LogP contribution in [0.25, 0.3) is 0 Å². The fraction of sp³-hybridized carbons (Fsp3) is 0.481. The molecule has 1 N–H and O–H groups in total. The Kier molecular flexibility index (Phi) is 7.07. The third-order valence-corrected chi connectivity index (χ3v) is 8.41. The number of piperazine rings is 1. The number of fused-ring (bicyclic) bond motifs is 1. The van der Waals surface area contributed by atoms with E-state index in [0.717, 1.165) is 69.2 Å². The molecule has 4 aliphatic heterocycles. The van der Waals surface area contributed by atoms with E-state index in [1.54, 1.807) is 12.1 Å². The molecule has 0 saturated carbocycles. The average molecular weight is 563 g/mol. The largest absolute Gasteiger partial charge is 0.369 e. The Balaban J connectivity index is 1.01. The summed E-state index contributed by atoms with van der Waals surface area (Å²) in [6.45, 7) is 5.91. The summed E-state index contributed by atoms with van der Waals surface area (Å²) in [5.41, 5.74) is 1.33. The molecule has 0 radical (unpaired) electrons. The van der Waals surface area contributed by atoms with Gasteiger partial charge in [-0.25, -0.2) is 9.97 Å². The van der Waals surface area contributed by atoms with Crippen molar-refractivity contribution >= 4 is 41.0 Å². The molecule has 4 amide bonds. The molecule has 0 bridgehead atoms. The van der Waals surface area contributed by atoms with Gasteiger partial charge in [0.25, 0.3) is 11.8 Å². The number of anilines is 2. The Morgan fingerprint density at radius 3 is 2.22 bits per heavy atom. The number of carbonyl (C=O) groups excluding carboxylic acids is 4. The van der Waals surface area contributed by atoms with Gasteiger partial charge < -0.3 is 9.80 Å². The second kappa shape index (κ2) is 10.8. The van der Waals surface area contributed by atoms with Gasteiger partial charge in [0.2, 0.25) is 17.8 Å². The van der Waals surface area contributed by atoms with Crippen LogP contribution < -0.4 is 15.1 Å². The predicted molar refractivity (Wildman–Crippen MR) is 145 cm³/mol. The number of imide groups is 2. The third-order valence-electron chi connectivity index (χ3n) is 8.41. The van der Waals surface area contributed by atoms with Gasteiger partial charge in [-0.1, -0.05) is 0 Å². The third kappa shape index (κ3) is 5.22. The van der Waals surface area contributed by atoms with Crippen LogP contribution in [0.2, 0.25) is 0 Å². The van der Waals surface area contributed by atoms with E-state index >= 15 is 0 Å². The molecule has 2 aromatic rings. The maximum Gasteiger partial charge on any atom is 0.305 e. The Hall–Kier alpha value is -4.46. The average Bonchev–Trinajstić information content (AvgIpc) is 3.23. The Morgan fingerprint density at radius 1 is 0.878 bits per heavy atom. The van der Waals surface area contributed by atoms with Crippen molar-refractivity contribution in [2.75, 3.05) is 55.6 Å². The molecule has 4 aliphatic rings. The lowest BCUT2D eigenvalue weighted by molar-refractivity contribution is -0.385. The quantitative estimate of drug-likeness (QED) is 0.301. The van der Waals surface area contributed by atoms with Crippen molar-refractivity contribution in [1.82, 2.24) is 25.1 Å². The molecule has 1 atom stereocenters. The summed E-state index contributed by atoms with van der Waals surface area (Å²) in [5, 5.41) is 13.1. The number of nitro groups is 1. The molecule has 3 saturated heterocycles. The number of hydrogen-bond donors (Lipinski definition) is 1. The number of rotatable bonds is 6. The zero-order chi connectivity index (χ0) is 28.7. The fourth-order valence-electron chi connectivity index (χ4n) is 6.10. The van der Waals surface area contributed by atoms with E-state index in [1.807, 2.05) is 6.07 Å². The lowest BCUT2D eigenvalue weighted by Crippen LogP contribution is -2.54. The summed E-state index contributed by atoms with van der Waals surface area (Å²) >= 11 is 0. The van der Waals surface area contributed by atoms with Gasteiger partial charge in [0.05, 0.1) is 16.1 Å². The Morgan fingerprint density at radius 2 is 1.56 bits per heavy atom. The van der Waals surface area contributed by atoms with Crippen LogP contribution in [-0.2, 0) is 9.59 Å². The highest BCUT2D eigenvalue weighted by Crippen LogP contribution is 2.31. The number of aromatic nitrogens is 2. The van der Waals surface area contributed by atoms with Crippen LogP contribution in [-0.4, -0.2) is 100 Å². The lowest BCUT2D eigenvalue weighted by Gasteiger charge is -2.39. The van der Waals surface area contributed by atoms with Gasteiger partial charge in [-0.3, -0.25) is 44.4 Å². The van der Waals surface area contributed by atoms with Crippen LogP contribution in [0, 0.1) is 16.0 Å². The zero-order valence-corrected chi connectivity index (χ0v) is 22.4. The molecular weight excluding hydrogens is 532 g/mol. The molecule has 5 heterocycles. The van der Waals surface area contributed by atoms with Crippen LogP contribution in [0.15, 0.2) is 30.6 Å². The summed E-state index contributed by atoms with van der Waals surface area (Å²) in [6, 6.07) is 4.28. The number of nitrogens with zero attached hydrogens (tertiary/aromatic N) is 7. The molecule has 41 heavy (non-hydrogen) atoms. The van der Waals surface area contributed by atoms with E-state index in [0.29, 0.717) is 17.4 Å². The van der Waals surface area contributed by atoms with Gasteiger partial charge in [0, 0.05) is 57.9 Å². The molecule has 1 unspecified atom stereocenters. The topological polar surface area (TPSA) is 162 Å². The van der Waals surface area contributed by atoms with Crippen molar-refractivity contribution in [3.63, 3.8) is 0 Å². The van der Waals surface area contributed by atoms with Crippen LogP contribution in [0.5, 0.6) is 0 Å². The van der Waals surface area contributed by atoms with Crippen molar-refractivity contribution < 1.29 is 24.1 Å². The van der Waals surface area contributed by atoms with Crippen LogP contribution in [0.4, 0.5) is 17.3 Å². The molecule has 3 fully saturated rings. The summed E-state index contributed by atoms with van der Waals surface area (Å²) in [4.78, 5) is 76.3. The first-order valence-corrected chi connectivity index (χ1v) is 13.8. The number of nitrogens with one attached hydrogen (secondary N) is 1. The molecule has 14 nitrogen and oxygen atoms in total. The van der Waals surface area contributed by atoms with Crippen molar-refractivity contribution in [1.29, 1.82) is 0 Å². The highest BCUT2D eigenvalue weighted by atomic mass is 16.6. The number of carbonyl (C=O) groups is 4. The van der Waals surface area contributed by atoms with Crippen molar-refractivity contribution in [2.45, 2.75) is 31.7 Å². The minimum absolute atomic E-state index is 0.0899. The number of hydrogen-bond acceptors (Lipinski definition) is 11. The number of amides is 4. The van der Waals surface area contributed by atoms with E-state index in [1.165, 1.54) is 12.4 Å². The first-order chi connectivity index (χ1) is 19.8. The van der Waals surface area contributed by atoms with E-state index in [2.05, 4.69) is 30.0 Å². The minimum atomic E-state index is -0.972. The number of piperidine rings is 2. The Bertz CT molecular complexity index is 1400. The fourth-order valence-corrected chi connectivity index (χ4v) is 6.10. The second-order valence-electron chi connectivity index (χ2n) is 10.9. The summed E-state index contributed by atoms with van der Waals surface area (Å²) < 4.78 is 0. The zero-order valence-electron chi connectivity index (χ0n) is 22.4. The standard InChI is InChI=1S/C27H30N8O6/c36-23-4-3-22(24(37)30-23)34-25(38)20-2-1-18(13-21(20)26(34)39)32-11-9-31(10-12-32)16-17-5-7-33(8-6-17)27-28-14-19(15-29-27)35(40)41/h1-2,13-15,17,22H,3-12,16H2,(H,30,36,37). The van der Waals surface area contributed by atoms with Gasteiger partial charge in [0.1, 0.15) is 18.4 Å².